The van der Waals surface area contributed by atoms with E-state index < -0.39 is 0 Å². The Labute approximate surface area is 132 Å². The van der Waals surface area contributed by atoms with Crippen molar-refractivity contribution in [2.45, 2.75) is 41.3 Å². The summed E-state index contributed by atoms with van der Waals surface area (Å²) in [7, 11) is 0. The van der Waals surface area contributed by atoms with E-state index in [2.05, 4.69) is 27.6 Å². The standard InChI is InChI=1S/C15H17N3OS2/c1-11(21-14-18-16-10-20-14)13(19)17-15(8-5-9-15)12-6-3-2-4-7-12/h2-4,6-7,10-11H,5,8-9H2,1H3,(H,17,19)/t11-/m1/s1. The van der Waals surface area contributed by atoms with E-state index in [9.17, 15) is 4.79 Å². The van der Waals surface area contributed by atoms with E-state index >= 15 is 0 Å². The Morgan fingerprint density at radius 2 is 2.14 bits per heavy atom. The van der Waals surface area contributed by atoms with Gasteiger partial charge in [-0.1, -0.05) is 53.4 Å². The summed E-state index contributed by atoms with van der Waals surface area (Å²) in [6.45, 7) is 1.92. The highest BCUT2D eigenvalue weighted by Crippen LogP contribution is 2.41. The molecule has 110 valence electrons. The second-order valence-corrected chi connectivity index (χ2v) is 7.68. The van der Waals surface area contributed by atoms with E-state index in [-0.39, 0.29) is 16.7 Å². The van der Waals surface area contributed by atoms with Crippen LogP contribution < -0.4 is 5.32 Å². The Balaban J connectivity index is 1.68. The average molecular weight is 319 g/mol. The van der Waals surface area contributed by atoms with Gasteiger partial charge in [-0.15, -0.1) is 10.2 Å². The normalized spacial score (nSPS) is 17.8. The van der Waals surface area contributed by atoms with E-state index in [0.717, 1.165) is 23.6 Å². The molecule has 3 rings (SSSR count). The van der Waals surface area contributed by atoms with Crippen molar-refractivity contribution in [1.82, 2.24) is 15.5 Å². The first-order valence-electron chi connectivity index (χ1n) is 7.00. The van der Waals surface area contributed by atoms with Crippen molar-refractivity contribution in [2.24, 2.45) is 0 Å². The molecule has 1 aliphatic carbocycles. The molecule has 1 aromatic heterocycles. The summed E-state index contributed by atoms with van der Waals surface area (Å²) >= 11 is 2.93. The molecule has 1 aliphatic rings. The van der Waals surface area contributed by atoms with Gasteiger partial charge in [0, 0.05) is 0 Å². The smallest absolute Gasteiger partial charge is 0.233 e. The molecule has 0 aliphatic heterocycles. The number of hydrogen-bond donors (Lipinski definition) is 1. The maximum Gasteiger partial charge on any atom is 0.233 e. The van der Waals surface area contributed by atoms with Gasteiger partial charge in [0.1, 0.15) is 5.51 Å². The summed E-state index contributed by atoms with van der Waals surface area (Å²) in [5.74, 6) is 0.0683. The van der Waals surface area contributed by atoms with Crippen molar-refractivity contribution >= 4 is 29.0 Å². The number of aromatic nitrogens is 2. The number of benzene rings is 1. The number of nitrogens with zero attached hydrogens (tertiary/aromatic N) is 2. The fraction of sp³-hybridized carbons (Fsp3) is 0.400. The van der Waals surface area contributed by atoms with Gasteiger partial charge in [-0.2, -0.15) is 0 Å². The highest BCUT2D eigenvalue weighted by atomic mass is 32.2. The van der Waals surface area contributed by atoms with Crippen molar-refractivity contribution in [3.63, 3.8) is 0 Å². The van der Waals surface area contributed by atoms with E-state index in [1.807, 2.05) is 25.1 Å². The summed E-state index contributed by atoms with van der Waals surface area (Å²) in [5.41, 5.74) is 2.72. The monoisotopic (exact) mass is 319 g/mol. The number of thioether (sulfide) groups is 1. The van der Waals surface area contributed by atoms with Crippen molar-refractivity contribution in [3.8, 4) is 0 Å². The first-order valence-corrected chi connectivity index (χ1v) is 8.76. The van der Waals surface area contributed by atoms with Crippen LogP contribution in [0.4, 0.5) is 0 Å². The molecule has 6 heteroatoms. The number of rotatable bonds is 5. The van der Waals surface area contributed by atoms with Crippen LogP contribution in [0.1, 0.15) is 31.7 Å². The Morgan fingerprint density at radius 1 is 1.38 bits per heavy atom. The highest BCUT2D eigenvalue weighted by Gasteiger charge is 2.40. The number of carbonyl (C=O) groups is 1. The highest BCUT2D eigenvalue weighted by molar-refractivity contribution is 8.02. The van der Waals surface area contributed by atoms with Gasteiger partial charge in [0.05, 0.1) is 10.8 Å². The van der Waals surface area contributed by atoms with Crippen LogP contribution >= 0.6 is 23.1 Å². The lowest BCUT2D eigenvalue weighted by Crippen LogP contribution is -2.52. The van der Waals surface area contributed by atoms with Gasteiger partial charge in [-0.3, -0.25) is 4.79 Å². The van der Waals surface area contributed by atoms with Gasteiger partial charge in [-0.05, 0) is 31.7 Å². The topological polar surface area (TPSA) is 54.9 Å². The van der Waals surface area contributed by atoms with Crippen LogP contribution in [-0.2, 0) is 10.3 Å². The first kappa shape index (κ1) is 14.5. The maximum absolute atomic E-state index is 12.5. The van der Waals surface area contributed by atoms with Gasteiger partial charge in [0.2, 0.25) is 5.91 Å². The average Bonchev–Trinajstić information content (AvgIpc) is 2.96. The molecule has 1 heterocycles. The van der Waals surface area contributed by atoms with E-state index in [0.29, 0.717) is 0 Å². The third-order valence-electron chi connectivity index (χ3n) is 3.88. The zero-order chi connectivity index (χ0) is 14.7. The molecule has 0 spiro atoms. The fourth-order valence-electron chi connectivity index (χ4n) is 2.53. The van der Waals surface area contributed by atoms with Crippen LogP contribution in [0.3, 0.4) is 0 Å². The summed E-state index contributed by atoms with van der Waals surface area (Å²) in [4.78, 5) is 12.5. The largest absolute Gasteiger partial charge is 0.346 e. The van der Waals surface area contributed by atoms with Crippen LogP contribution in [0.2, 0.25) is 0 Å². The molecule has 1 N–H and O–H groups in total. The summed E-state index contributed by atoms with van der Waals surface area (Å²) < 4.78 is 0.833. The molecule has 1 saturated carbocycles. The molecule has 0 bridgehead atoms. The zero-order valence-corrected chi connectivity index (χ0v) is 13.4. The lowest BCUT2D eigenvalue weighted by molar-refractivity contribution is -0.123. The molecule has 1 aromatic carbocycles. The fourth-order valence-corrected chi connectivity index (χ4v) is 4.16. The Hall–Kier alpha value is -1.40. The van der Waals surface area contributed by atoms with Crippen LogP contribution in [-0.4, -0.2) is 21.4 Å². The number of carbonyl (C=O) groups excluding carboxylic acids is 1. The van der Waals surface area contributed by atoms with Crippen LogP contribution in [0.25, 0.3) is 0 Å². The molecular weight excluding hydrogens is 302 g/mol. The minimum atomic E-state index is -0.172. The van der Waals surface area contributed by atoms with Crippen LogP contribution in [0.15, 0.2) is 40.2 Å². The number of nitrogens with one attached hydrogen (secondary N) is 1. The van der Waals surface area contributed by atoms with Crippen LogP contribution in [0, 0.1) is 0 Å². The lowest BCUT2D eigenvalue weighted by atomic mass is 9.71. The zero-order valence-electron chi connectivity index (χ0n) is 11.8. The predicted molar refractivity (Wildman–Crippen MR) is 85.3 cm³/mol. The molecule has 4 nitrogen and oxygen atoms in total. The van der Waals surface area contributed by atoms with E-state index in [4.69, 9.17) is 0 Å². The van der Waals surface area contributed by atoms with Gasteiger partial charge in [-0.25, -0.2) is 0 Å². The Morgan fingerprint density at radius 3 is 2.71 bits per heavy atom. The van der Waals surface area contributed by atoms with Gasteiger partial charge < -0.3 is 5.32 Å². The second kappa shape index (κ2) is 6.15. The molecule has 0 unspecified atom stereocenters. The van der Waals surface area contributed by atoms with Crippen molar-refractivity contribution in [2.75, 3.05) is 0 Å². The quantitative estimate of drug-likeness (QED) is 0.860. The second-order valence-electron chi connectivity index (χ2n) is 5.26. The molecule has 1 atom stereocenters. The molecule has 2 aromatic rings. The summed E-state index contributed by atoms with van der Waals surface area (Å²) in [5, 5.41) is 10.9. The Kier molecular flexibility index (Phi) is 4.26. The number of amides is 1. The van der Waals surface area contributed by atoms with Crippen molar-refractivity contribution < 1.29 is 4.79 Å². The molecule has 0 radical (unpaired) electrons. The third-order valence-corrected chi connectivity index (χ3v) is 5.79. The number of hydrogen-bond acceptors (Lipinski definition) is 5. The van der Waals surface area contributed by atoms with Gasteiger partial charge in [0.25, 0.3) is 0 Å². The molecule has 21 heavy (non-hydrogen) atoms. The van der Waals surface area contributed by atoms with Gasteiger partial charge in [0.15, 0.2) is 4.34 Å². The maximum atomic E-state index is 12.5. The SMILES string of the molecule is C[C@@H](Sc1nncs1)C(=O)NC1(c2ccccc2)CCC1. The van der Waals surface area contributed by atoms with E-state index in [1.54, 1.807) is 5.51 Å². The molecular formula is C15H17N3OS2. The first-order chi connectivity index (χ1) is 10.2. The van der Waals surface area contributed by atoms with E-state index in [1.165, 1.54) is 28.7 Å². The lowest BCUT2D eigenvalue weighted by Gasteiger charge is -2.43. The van der Waals surface area contributed by atoms with Gasteiger partial charge >= 0.3 is 0 Å². The minimum absolute atomic E-state index is 0.0683. The molecule has 0 saturated heterocycles. The minimum Gasteiger partial charge on any atom is -0.346 e. The third kappa shape index (κ3) is 3.11. The molecule has 1 amide bonds. The predicted octanol–water partition coefficient (Wildman–Crippen LogP) is 3.21. The van der Waals surface area contributed by atoms with Crippen LogP contribution in [0.5, 0.6) is 0 Å². The van der Waals surface area contributed by atoms with Crippen molar-refractivity contribution in [1.29, 1.82) is 0 Å². The molecule has 1 fully saturated rings. The summed E-state index contributed by atoms with van der Waals surface area (Å²) in [6, 6.07) is 10.3. The summed E-state index contributed by atoms with van der Waals surface area (Å²) in [6.07, 6.45) is 3.19. The van der Waals surface area contributed by atoms with Crippen molar-refractivity contribution in [3.05, 3.63) is 41.4 Å². The Bertz CT molecular complexity index is 597.